The van der Waals surface area contributed by atoms with Crippen molar-refractivity contribution in [2.45, 2.75) is 58.7 Å². The average Bonchev–Trinajstić information content (AvgIpc) is 2.25. The van der Waals surface area contributed by atoms with E-state index < -0.39 is 11.2 Å². The molecule has 1 heterocycles. The summed E-state index contributed by atoms with van der Waals surface area (Å²) in [5.41, 5.74) is -1.16. The Morgan fingerprint density at radius 1 is 1.33 bits per heavy atom. The lowest BCUT2D eigenvalue weighted by Gasteiger charge is -2.40. The first kappa shape index (κ1) is 18.2. The molecule has 0 atom stereocenters. The van der Waals surface area contributed by atoms with Gasteiger partial charge < -0.3 is 19.6 Å². The molecule has 1 N–H and O–H groups in total. The Kier molecular flexibility index (Phi) is 6.05. The van der Waals surface area contributed by atoms with Crippen LogP contribution in [-0.4, -0.2) is 65.4 Å². The molecule has 1 amide bonds. The predicted octanol–water partition coefficient (Wildman–Crippen LogP) is 2.34. The molecule has 1 fully saturated rings. The van der Waals surface area contributed by atoms with Crippen molar-refractivity contribution < 1.29 is 14.6 Å². The van der Waals surface area contributed by atoms with Crippen molar-refractivity contribution >= 4 is 6.09 Å². The molecule has 21 heavy (non-hydrogen) atoms. The summed E-state index contributed by atoms with van der Waals surface area (Å²) in [7, 11) is 2.04. The molecule has 0 aliphatic carbocycles. The van der Waals surface area contributed by atoms with E-state index in [0.717, 1.165) is 6.54 Å². The molecule has 0 spiro atoms. The van der Waals surface area contributed by atoms with Crippen molar-refractivity contribution in [3.63, 3.8) is 0 Å². The van der Waals surface area contributed by atoms with E-state index in [1.54, 1.807) is 4.90 Å². The molecule has 0 bridgehead atoms. The molecule has 0 aromatic carbocycles. The summed E-state index contributed by atoms with van der Waals surface area (Å²) >= 11 is 0. The summed E-state index contributed by atoms with van der Waals surface area (Å²) in [4.78, 5) is 15.9. The lowest BCUT2D eigenvalue weighted by molar-refractivity contribution is -0.0477. The van der Waals surface area contributed by atoms with Crippen LogP contribution in [0.2, 0.25) is 0 Å². The minimum absolute atomic E-state index is 0.278. The number of hydrogen-bond donors (Lipinski definition) is 1. The van der Waals surface area contributed by atoms with E-state index >= 15 is 0 Å². The Hall–Kier alpha value is -0.810. The molecule has 5 nitrogen and oxygen atoms in total. The molecule has 124 valence electrons. The Bertz CT molecular complexity index is 342. The van der Waals surface area contributed by atoms with Crippen molar-refractivity contribution in [1.82, 2.24) is 9.80 Å². The molecule has 1 saturated heterocycles. The van der Waals surface area contributed by atoms with Crippen LogP contribution in [0.5, 0.6) is 0 Å². The van der Waals surface area contributed by atoms with Gasteiger partial charge in [0, 0.05) is 26.2 Å². The largest absolute Gasteiger partial charge is 0.444 e. The van der Waals surface area contributed by atoms with Gasteiger partial charge in [0.15, 0.2) is 0 Å². The number of rotatable bonds is 4. The fraction of sp³-hybridized carbons (Fsp3) is 0.938. The van der Waals surface area contributed by atoms with Gasteiger partial charge in [-0.1, -0.05) is 13.8 Å². The lowest BCUT2D eigenvalue weighted by atomic mass is 9.91. The SMILES string of the molecule is CC(C)CN(C)CC1(O)CCN(C(=O)OC(C)(C)C)CC1. The van der Waals surface area contributed by atoms with Gasteiger partial charge in [0.1, 0.15) is 5.60 Å². The Morgan fingerprint density at radius 2 is 1.86 bits per heavy atom. The Morgan fingerprint density at radius 3 is 2.29 bits per heavy atom. The first-order valence-electron chi connectivity index (χ1n) is 7.90. The van der Waals surface area contributed by atoms with Crippen LogP contribution in [0.1, 0.15) is 47.5 Å². The van der Waals surface area contributed by atoms with Crippen molar-refractivity contribution in [3.05, 3.63) is 0 Å². The number of ether oxygens (including phenoxy) is 1. The summed E-state index contributed by atoms with van der Waals surface area (Å²) in [5, 5.41) is 10.7. The predicted molar refractivity (Wildman–Crippen MR) is 84.3 cm³/mol. The minimum Gasteiger partial charge on any atom is -0.444 e. The first-order valence-corrected chi connectivity index (χ1v) is 7.90. The second kappa shape index (κ2) is 6.97. The molecule has 1 rings (SSSR count). The van der Waals surface area contributed by atoms with Gasteiger partial charge in [0.05, 0.1) is 5.60 Å². The van der Waals surface area contributed by atoms with Gasteiger partial charge in [-0.2, -0.15) is 0 Å². The minimum atomic E-state index is -0.692. The van der Waals surface area contributed by atoms with Crippen LogP contribution in [0.4, 0.5) is 4.79 Å². The van der Waals surface area contributed by atoms with E-state index in [1.165, 1.54) is 0 Å². The Balaban J connectivity index is 2.45. The number of piperidine rings is 1. The highest BCUT2D eigenvalue weighted by Crippen LogP contribution is 2.24. The van der Waals surface area contributed by atoms with Crippen molar-refractivity contribution in [2.24, 2.45) is 5.92 Å². The van der Waals surface area contributed by atoms with Gasteiger partial charge in [-0.3, -0.25) is 0 Å². The van der Waals surface area contributed by atoms with Crippen LogP contribution in [0.15, 0.2) is 0 Å². The highest BCUT2D eigenvalue weighted by atomic mass is 16.6. The number of nitrogens with zero attached hydrogens (tertiary/aromatic N) is 2. The molecule has 0 aromatic rings. The smallest absolute Gasteiger partial charge is 0.410 e. The van der Waals surface area contributed by atoms with Crippen LogP contribution in [0.25, 0.3) is 0 Å². The first-order chi connectivity index (χ1) is 9.51. The maximum Gasteiger partial charge on any atom is 0.410 e. The van der Waals surface area contributed by atoms with Gasteiger partial charge >= 0.3 is 6.09 Å². The second-order valence-corrected chi connectivity index (χ2v) is 7.78. The third-order valence-electron chi connectivity index (χ3n) is 3.59. The van der Waals surface area contributed by atoms with Crippen molar-refractivity contribution in [3.8, 4) is 0 Å². The van der Waals surface area contributed by atoms with E-state index in [9.17, 15) is 9.90 Å². The number of likely N-dealkylation sites (tertiary alicyclic amines) is 1. The lowest BCUT2D eigenvalue weighted by Crippen LogP contribution is -2.52. The quantitative estimate of drug-likeness (QED) is 0.866. The molecular weight excluding hydrogens is 268 g/mol. The van der Waals surface area contributed by atoms with Crippen LogP contribution < -0.4 is 0 Å². The van der Waals surface area contributed by atoms with Crippen LogP contribution >= 0.6 is 0 Å². The number of amides is 1. The molecule has 1 aliphatic heterocycles. The fourth-order valence-corrected chi connectivity index (χ4v) is 2.78. The second-order valence-electron chi connectivity index (χ2n) is 7.78. The van der Waals surface area contributed by atoms with E-state index in [2.05, 4.69) is 18.7 Å². The van der Waals surface area contributed by atoms with Gasteiger partial charge in [-0.05, 0) is 46.6 Å². The molecule has 0 saturated carbocycles. The summed E-state index contributed by atoms with van der Waals surface area (Å²) in [6, 6.07) is 0. The third-order valence-corrected chi connectivity index (χ3v) is 3.59. The van der Waals surface area contributed by atoms with E-state index in [1.807, 2.05) is 27.8 Å². The molecule has 0 unspecified atom stereocenters. The molecular formula is C16H32N2O3. The van der Waals surface area contributed by atoms with Gasteiger partial charge in [-0.25, -0.2) is 4.79 Å². The Labute approximate surface area is 129 Å². The maximum atomic E-state index is 12.0. The monoisotopic (exact) mass is 300 g/mol. The third kappa shape index (κ3) is 6.66. The number of aliphatic hydroxyl groups is 1. The zero-order chi connectivity index (χ0) is 16.3. The number of hydrogen-bond acceptors (Lipinski definition) is 4. The standard InChI is InChI=1S/C16H32N2O3/c1-13(2)11-17(6)12-16(20)7-9-18(10-8-16)14(19)21-15(3,4)5/h13,20H,7-12H2,1-6H3. The van der Waals surface area contributed by atoms with Gasteiger partial charge in [0.25, 0.3) is 0 Å². The van der Waals surface area contributed by atoms with E-state index in [-0.39, 0.29) is 6.09 Å². The van der Waals surface area contributed by atoms with Crippen LogP contribution in [-0.2, 0) is 4.74 Å². The average molecular weight is 300 g/mol. The highest BCUT2D eigenvalue weighted by Gasteiger charge is 2.36. The fourth-order valence-electron chi connectivity index (χ4n) is 2.78. The van der Waals surface area contributed by atoms with Gasteiger partial charge in [0.2, 0.25) is 0 Å². The topological polar surface area (TPSA) is 53.0 Å². The number of carbonyl (C=O) groups is 1. The van der Waals surface area contributed by atoms with Crippen LogP contribution in [0.3, 0.4) is 0 Å². The van der Waals surface area contributed by atoms with Crippen molar-refractivity contribution in [2.75, 3.05) is 33.2 Å². The molecule has 5 heteroatoms. The molecule has 0 radical (unpaired) electrons. The molecule has 1 aliphatic rings. The summed E-state index contributed by atoms with van der Waals surface area (Å²) in [6.45, 7) is 12.7. The maximum absolute atomic E-state index is 12.0. The van der Waals surface area contributed by atoms with Gasteiger partial charge in [-0.15, -0.1) is 0 Å². The summed E-state index contributed by atoms with van der Waals surface area (Å²) < 4.78 is 5.37. The van der Waals surface area contributed by atoms with E-state index in [0.29, 0.717) is 38.4 Å². The summed E-state index contributed by atoms with van der Waals surface area (Å²) in [6.07, 6.45) is 0.934. The van der Waals surface area contributed by atoms with Crippen LogP contribution in [0, 0.1) is 5.92 Å². The number of likely N-dealkylation sites (N-methyl/N-ethyl adjacent to an activating group) is 1. The zero-order valence-corrected chi connectivity index (χ0v) is 14.5. The molecule has 0 aromatic heterocycles. The van der Waals surface area contributed by atoms with E-state index in [4.69, 9.17) is 4.74 Å². The zero-order valence-electron chi connectivity index (χ0n) is 14.5. The highest BCUT2D eigenvalue weighted by molar-refractivity contribution is 5.68. The normalized spacial score (nSPS) is 19.2. The summed E-state index contributed by atoms with van der Waals surface area (Å²) in [5.74, 6) is 0.584. The number of carbonyl (C=O) groups excluding carboxylic acids is 1. The van der Waals surface area contributed by atoms with Crippen molar-refractivity contribution in [1.29, 1.82) is 0 Å².